The molecule has 51 heavy (non-hydrogen) atoms. The SMILES string of the molecule is Cc1cc(C)c2c(C)cc3c(c2c1)C1(C=C(C(C)(C)C)C=C(C(C)(C)C)C1)c1ccc2c(c1-3)C(C)(C)C1=C2C(C)(C)c2ccc(CC(C)C)cc21. The summed E-state index contributed by atoms with van der Waals surface area (Å²) in [7, 11) is 0. The molecule has 4 aliphatic carbocycles. The first-order valence-corrected chi connectivity index (χ1v) is 19.7. The van der Waals surface area contributed by atoms with Crippen molar-refractivity contribution in [3.8, 4) is 11.1 Å². The van der Waals surface area contributed by atoms with Crippen molar-refractivity contribution in [1.82, 2.24) is 0 Å². The molecular formula is C51H60. The van der Waals surface area contributed by atoms with E-state index >= 15 is 0 Å². The van der Waals surface area contributed by atoms with Crippen LogP contribution in [0.25, 0.3) is 33.0 Å². The molecule has 4 aliphatic rings. The van der Waals surface area contributed by atoms with Crippen molar-refractivity contribution in [2.45, 2.75) is 133 Å². The Bertz CT molecular complexity index is 2310. The van der Waals surface area contributed by atoms with Crippen LogP contribution in [0, 0.1) is 37.5 Å². The molecule has 0 amide bonds. The molecule has 4 aromatic carbocycles. The molecule has 1 unspecified atom stereocenters. The first-order chi connectivity index (χ1) is 23.6. The Morgan fingerprint density at radius 1 is 0.667 bits per heavy atom. The van der Waals surface area contributed by atoms with Crippen LogP contribution in [0.5, 0.6) is 0 Å². The van der Waals surface area contributed by atoms with E-state index in [-0.39, 0.29) is 27.1 Å². The summed E-state index contributed by atoms with van der Waals surface area (Å²) < 4.78 is 0. The highest BCUT2D eigenvalue weighted by Gasteiger charge is 2.55. The minimum absolute atomic E-state index is 0.0271. The van der Waals surface area contributed by atoms with E-state index in [0.29, 0.717) is 5.92 Å². The first-order valence-electron chi connectivity index (χ1n) is 19.7. The molecule has 0 N–H and O–H groups in total. The maximum atomic E-state index is 2.73. The molecule has 0 aromatic heterocycles. The van der Waals surface area contributed by atoms with Crippen molar-refractivity contribution in [3.05, 3.63) is 127 Å². The van der Waals surface area contributed by atoms with E-state index in [1.165, 1.54) is 77.5 Å². The molecule has 4 aromatic rings. The van der Waals surface area contributed by atoms with E-state index in [2.05, 4.69) is 165 Å². The number of rotatable bonds is 2. The van der Waals surface area contributed by atoms with Crippen molar-refractivity contribution in [2.24, 2.45) is 16.7 Å². The number of hydrogen-bond acceptors (Lipinski definition) is 0. The fourth-order valence-corrected chi connectivity index (χ4v) is 11.0. The molecule has 1 atom stereocenters. The second-order valence-electron chi connectivity index (χ2n) is 20.4. The molecule has 0 saturated carbocycles. The smallest absolute Gasteiger partial charge is 0.0443 e. The van der Waals surface area contributed by atoms with Crippen molar-refractivity contribution >= 4 is 21.9 Å². The lowest BCUT2D eigenvalue weighted by Gasteiger charge is -2.41. The van der Waals surface area contributed by atoms with Gasteiger partial charge >= 0.3 is 0 Å². The summed E-state index contributed by atoms with van der Waals surface area (Å²) in [5.74, 6) is 0.634. The molecule has 1 spiro atoms. The van der Waals surface area contributed by atoms with E-state index < -0.39 is 0 Å². The molecular weight excluding hydrogens is 613 g/mol. The fraction of sp³-hybridized carbons (Fsp3) is 0.451. The summed E-state index contributed by atoms with van der Waals surface area (Å²) >= 11 is 0. The molecule has 0 fully saturated rings. The Morgan fingerprint density at radius 2 is 1.31 bits per heavy atom. The number of fused-ring (bicyclic) bond motifs is 12. The van der Waals surface area contributed by atoms with Gasteiger partial charge in [0.2, 0.25) is 0 Å². The summed E-state index contributed by atoms with van der Waals surface area (Å²) in [5, 5.41) is 2.89. The summed E-state index contributed by atoms with van der Waals surface area (Å²) in [6, 6.07) is 20.0. The largest absolute Gasteiger partial charge is 0.0655 e. The maximum absolute atomic E-state index is 2.73. The van der Waals surface area contributed by atoms with Gasteiger partial charge in [-0.05, 0) is 139 Å². The van der Waals surface area contributed by atoms with E-state index in [0.717, 1.165) is 12.8 Å². The van der Waals surface area contributed by atoms with Gasteiger partial charge in [-0.3, -0.25) is 0 Å². The van der Waals surface area contributed by atoms with Crippen LogP contribution in [0.4, 0.5) is 0 Å². The van der Waals surface area contributed by atoms with Crippen molar-refractivity contribution in [1.29, 1.82) is 0 Å². The van der Waals surface area contributed by atoms with Gasteiger partial charge in [0, 0.05) is 16.2 Å². The lowest BCUT2D eigenvalue weighted by molar-refractivity contribution is 0.432. The van der Waals surface area contributed by atoms with Crippen LogP contribution in [0.2, 0.25) is 0 Å². The number of hydrogen-bond donors (Lipinski definition) is 0. The second kappa shape index (κ2) is 10.5. The van der Waals surface area contributed by atoms with Gasteiger partial charge < -0.3 is 0 Å². The van der Waals surface area contributed by atoms with Gasteiger partial charge in [-0.15, -0.1) is 0 Å². The monoisotopic (exact) mass is 672 g/mol. The Labute approximate surface area is 309 Å². The molecule has 8 rings (SSSR count). The molecule has 0 heterocycles. The highest BCUT2D eigenvalue weighted by molar-refractivity contribution is 6.13. The standard InChI is InChI=1S/C51H60/c1-28(2)20-32-16-18-39-36(24-32)46-45(49(39,12)13)35-17-19-40-42(44(35)50(46,14)15)38-23-31(5)41-30(4)21-29(3)22-37(41)43(38)51(40)26-33(47(6,7)8)25-34(27-51)48(9,10)11/h16-19,21-26,28H,20,27H2,1-15H3. The van der Waals surface area contributed by atoms with Gasteiger partial charge in [-0.25, -0.2) is 0 Å². The van der Waals surface area contributed by atoms with Crippen LogP contribution in [0.3, 0.4) is 0 Å². The summed E-state index contributed by atoms with van der Waals surface area (Å²) in [6.45, 7) is 36.2. The van der Waals surface area contributed by atoms with Crippen LogP contribution < -0.4 is 0 Å². The third-order valence-corrected chi connectivity index (χ3v) is 13.3. The third-order valence-electron chi connectivity index (χ3n) is 13.3. The second-order valence-corrected chi connectivity index (χ2v) is 20.4. The zero-order valence-electron chi connectivity index (χ0n) is 34.3. The lowest BCUT2D eigenvalue weighted by Crippen LogP contribution is -2.32. The predicted octanol–water partition coefficient (Wildman–Crippen LogP) is 14.1. The van der Waals surface area contributed by atoms with E-state index in [4.69, 9.17) is 0 Å². The minimum atomic E-state index is -0.243. The van der Waals surface area contributed by atoms with E-state index in [9.17, 15) is 0 Å². The fourth-order valence-electron chi connectivity index (χ4n) is 11.0. The van der Waals surface area contributed by atoms with Crippen LogP contribution in [0.15, 0.2) is 71.8 Å². The average molecular weight is 673 g/mol. The minimum Gasteiger partial charge on any atom is -0.0655 e. The summed E-state index contributed by atoms with van der Waals surface area (Å²) in [5.41, 5.74) is 23.4. The number of aryl methyl sites for hydroxylation is 3. The Balaban J connectivity index is 1.50. The van der Waals surface area contributed by atoms with Gasteiger partial charge in [0.05, 0.1) is 0 Å². The summed E-state index contributed by atoms with van der Waals surface area (Å²) in [4.78, 5) is 0. The highest BCUT2D eigenvalue weighted by Crippen LogP contribution is 2.68. The topological polar surface area (TPSA) is 0 Å². The molecule has 0 aliphatic heterocycles. The summed E-state index contributed by atoms with van der Waals surface area (Å²) in [6.07, 6.45) is 7.43. The van der Waals surface area contributed by atoms with Gasteiger partial charge in [0.25, 0.3) is 0 Å². The quantitative estimate of drug-likeness (QED) is 0.199. The zero-order chi connectivity index (χ0) is 37.0. The zero-order valence-corrected chi connectivity index (χ0v) is 34.3. The Kier molecular flexibility index (Phi) is 7.08. The number of allylic oxidation sites excluding steroid dienone is 6. The lowest BCUT2D eigenvalue weighted by atomic mass is 9.62. The normalized spacial score (nSPS) is 21.2. The maximum Gasteiger partial charge on any atom is 0.0443 e. The van der Waals surface area contributed by atoms with Gasteiger partial charge in [0.1, 0.15) is 0 Å². The van der Waals surface area contributed by atoms with Crippen molar-refractivity contribution in [2.75, 3.05) is 0 Å². The van der Waals surface area contributed by atoms with E-state index in [1.54, 1.807) is 22.3 Å². The Hall–Kier alpha value is -3.64. The third kappa shape index (κ3) is 4.63. The van der Waals surface area contributed by atoms with Gasteiger partial charge in [-0.2, -0.15) is 0 Å². The van der Waals surface area contributed by atoms with Gasteiger partial charge in [-0.1, -0.05) is 155 Å². The van der Waals surface area contributed by atoms with Gasteiger partial charge in [0.15, 0.2) is 0 Å². The van der Waals surface area contributed by atoms with Crippen molar-refractivity contribution < 1.29 is 0 Å². The van der Waals surface area contributed by atoms with Crippen LogP contribution in [-0.4, -0.2) is 0 Å². The van der Waals surface area contributed by atoms with E-state index in [1.807, 2.05) is 0 Å². The Morgan fingerprint density at radius 3 is 1.96 bits per heavy atom. The molecule has 0 heteroatoms. The average Bonchev–Trinajstić information content (AvgIpc) is 3.50. The number of benzene rings is 4. The van der Waals surface area contributed by atoms with Crippen molar-refractivity contribution in [3.63, 3.8) is 0 Å². The van der Waals surface area contributed by atoms with Crippen LogP contribution in [-0.2, 0) is 22.7 Å². The van der Waals surface area contributed by atoms with Crippen LogP contribution >= 0.6 is 0 Å². The molecule has 0 radical (unpaired) electrons. The first kappa shape index (κ1) is 34.4. The predicted molar refractivity (Wildman–Crippen MR) is 222 cm³/mol. The molecule has 0 saturated heterocycles. The molecule has 0 nitrogen and oxygen atoms in total. The molecule has 0 bridgehead atoms. The molecule has 264 valence electrons. The van der Waals surface area contributed by atoms with Crippen LogP contribution in [0.1, 0.15) is 145 Å². The highest BCUT2D eigenvalue weighted by atomic mass is 14.6.